The molecule has 0 aliphatic heterocycles. The van der Waals surface area contributed by atoms with Crippen LogP contribution in [0.3, 0.4) is 0 Å². The minimum Gasteiger partial charge on any atom is -0.497 e. The molecule has 0 aromatic heterocycles. The number of rotatable bonds is 3. The molecule has 20 heavy (non-hydrogen) atoms. The van der Waals surface area contributed by atoms with Crippen molar-refractivity contribution >= 4 is 17.1 Å². The molecule has 0 radical (unpaired) electrons. The molecule has 0 saturated carbocycles. The third-order valence-corrected chi connectivity index (χ3v) is 3.26. The molecule has 0 amide bonds. The zero-order chi connectivity index (χ0) is 14.8. The van der Waals surface area contributed by atoms with Gasteiger partial charge in [0.1, 0.15) is 5.75 Å². The molecule has 0 bridgehead atoms. The van der Waals surface area contributed by atoms with Crippen LogP contribution in [0.25, 0.3) is 0 Å². The first-order chi connectivity index (χ1) is 9.41. The van der Waals surface area contributed by atoms with Gasteiger partial charge in [-0.2, -0.15) is 0 Å². The average molecular weight is 270 g/mol. The lowest BCUT2D eigenvalue weighted by Gasteiger charge is -2.24. The predicted molar refractivity (Wildman–Crippen MR) is 85.8 cm³/mol. The number of hydrogen-bond donors (Lipinski definition) is 2. The van der Waals surface area contributed by atoms with Crippen molar-refractivity contribution in [2.45, 2.75) is 26.2 Å². The lowest BCUT2D eigenvalue weighted by Crippen LogP contribution is -2.13. The van der Waals surface area contributed by atoms with E-state index in [9.17, 15) is 0 Å². The number of benzene rings is 2. The van der Waals surface area contributed by atoms with Crippen LogP contribution in [0.2, 0.25) is 0 Å². The molecule has 0 unspecified atom stereocenters. The molecule has 0 heterocycles. The van der Waals surface area contributed by atoms with Crippen LogP contribution in [0.15, 0.2) is 42.5 Å². The fourth-order valence-corrected chi connectivity index (χ4v) is 2.16. The highest BCUT2D eigenvalue weighted by Crippen LogP contribution is 2.34. The van der Waals surface area contributed by atoms with Crippen LogP contribution in [0.5, 0.6) is 5.75 Å². The third kappa shape index (κ3) is 3.05. The molecule has 0 atom stereocenters. The van der Waals surface area contributed by atoms with E-state index in [2.05, 4.69) is 44.3 Å². The van der Waals surface area contributed by atoms with Crippen molar-refractivity contribution in [3.05, 3.63) is 48.0 Å². The van der Waals surface area contributed by atoms with Crippen LogP contribution >= 0.6 is 0 Å². The Kier molecular flexibility index (Phi) is 3.89. The lowest BCUT2D eigenvalue weighted by molar-refractivity contribution is 0.415. The van der Waals surface area contributed by atoms with Crippen molar-refractivity contribution in [1.29, 1.82) is 0 Å². The van der Waals surface area contributed by atoms with Gasteiger partial charge in [0.25, 0.3) is 0 Å². The molecule has 3 heteroatoms. The molecule has 0 aliphatic carbocycles. The van der Waals surface area contributed by atoms with Gasteiger partial charge in [-0.3, -0.25) is 0 Å². The van der Waals surface area contributed by atoms with E-state index in [1.54, 1.807) is 7.11 Å². The maximum absolute atomic E-state index is 6.03. The summed E-state index contributed by atoms with van der Waals surface area (Å²) in [4.78, 5) is 0. The number of nitrogens with two attached hydrogens (primary N) is 1. The number of hydrogen-bond acceptors (Lipinski definition) is 3. The minimum absolute atomic E-state index is 0.0667. The molecule has 3 N–H and O–H groups in total. The topological polar surface area (TPSA) is 47.3 Å². The van der Waals surface area contributed by atoms with Gasteiger partial charge >= 0.3 is 0 Å². The fourth-order valence-electron chi connectivity index (χ4n) is 2.16. The predicted octanol–water partition coefficient (Wildman–Crippen LogP) is 4.32. The summed E-state index contributed by atoms with van der Waals surface area (Å²) in [5.41, 5.74) is 9.99. The van der Waals surface area contributed by atoms with E-state index in [1.165, 1.54) is 5.56 Å². The Morgan fingerprint density at radius 1 is 1.00 bits per heavy atom. The maximum Gasteiger partial charge on any atom is 0.121 e. The SMILES string of the molecule is COc1ccc(N)c(Nc2ccccc2C(C)(C)C)c1. The molecule has 3 nitrogen and oxygen atoms in total. The van der Waals surface area contributed by atoms with Gasteiger partial charge in [-0.15, -0.1) is 0 Å². The minimum atomic E-state index is 0.0667. The monoisotopic (exact) mass is 270 g/mol. The molecule has 0 spiro atoms. The highest BCUT2D eigenvalue weighted by Gasteiger charge is 2.17. The van der Waals surface area contributed by atoms with Crippen molar-refractivity contribution in [1.82, 2.24) is 0 Å². The number of methoxy groups -OCH3 is 1. The summed E-state index contributed by atoms with van der Waals surface area (Å²) in [7, 11) is 1.65. The van der Waals surface area contributed by atoms with Gasteiger partial charge in [-0.05, 0) is 29.2 Å². The van der Waals surface area contributed by atoms with E-state index >= 15 is 0 Å². The van der Waals surface area contributed by atoms with E-state index in [0.717, 1.165) is 17.1 Å². The van der Waals surface area contributed by atoms with Gasteiger partial charge in [0.2, 0.25) is 0 Å². The molecular weight excluding hydrogens is 248 g/mol. The van der Waals surface area contributed by atoms with Crippen molar-refractivity contribution in [3.63, 3.8) is 0 Å². The van der Waals surface area contributed by atoms with Crippen LogP contribution in [0.1, 0.15) is 26.3 Å². The normalized spacial score (nSPS) is 11.2. The molecule has 2 aromatic rings. The van der Waals surface area contributed by atoms with Crippen molar-refractivity contribution < 1.29 is 4.74 Å². The number of ether oxygens (including phenoxy) is 1. The Hall–Kier alpha value is -2.16. The maximum atomic E-state index is 6.03. The Labute approximate surface area is 120 Å². The molecule has 2 rings (SSSR count). The standard InChI is InChI=1S/C17H22N2O/c1-17(2,3)13-7-5-6-8-15(13)19-16-11-12(20-4)9-10-14(16)18/h5-11,19H,18H2,1-4H3. The Morgan fingerprint density at radius 2 is 1.70 bits per heavy atom. The van der Waals surface area contributed by atoms with E-state index in [1.807, 2.05) is 24.3 Å². The number of anilines is 3. The zero-order valence-corrected chi connectivity index (χ0v) is 12.5. The smallest absolute Gasteiger partial charge is 0.121 e. The van der Waals surface area contributed by atoms with Crippen LogP contribution in [0.4, 0.5) is 17.1 Å². The molecule has 106 valence electrons. The highest BCUT2D eigenvalue weighted by molar-refractivity contribution is 5.75. The van der Waals surface area contributed by atoms with E-state index < -0.39 is 0 Å². The van der Waals surface area contributed by atoms with Crippen LogP contribution < -0.4 is 15.8 Å². The third-order valence-electron chi connectivity index (χ3n) is 3.26. The molecule has 0 aliphatic rings. The van der Waals surface area contributed by atoms with E-state index in [4.69, 9.17) is 10.5 Å². The summed E-state index contributed by atoms with van der Waals surface area (Å²) >= 11 is 0. The summed E-state index contributed by atoms with van der Waals surface area (Å²) in [6.07, 6.45) is 0. The first-order valence-corrected chi connectivity index (χ1v) is 6.72. The number of nitrogens with one attached hydrogen (secondary N) is 1. The first kappa shape index (κ1) is 14.3. The lowest BCUT2D eigenvalue weighted by atomic mass is 9.86. The first-order valence-electron chi connectivity index (χ1n) is 6.72. The van der Waals surface area contributed by atoms with Crippen molar-refractivity contribution in [3.8, 4) is 5.75 Å². The fraction of sp³-hybridized carbons (Fsp3) is 0.294. The summed E-state index contributed by atoms with van der Waals surface area (Å²) in [6.45, 7) is 6.59. The zero-order valence-electron chi connectivity index (χ0n) is 12.5. The Morgan fingerprint density at radius 3 is 2.35 bits per heavy atom. The van der Waals surface area contributed by atoms with Gasteiger partial charge in [0, 0.05) is 11.8 Å². The Balaban J connectivity index is 2.40. The van der Waals surface area contributed by atoms with Gasteiger partial charge < -0.3 is 15.8 Å². The summed E-state index contributed by atoms with van der Waals surface area (Å²) in [6, 6.07) is 13.9. The Bertz CT molecular complexity index is 600. The second-order valence-electron chi connectivity index (χ2n) is 5.87. The van der Waals surface area contributed by atoms with Crippen LogP contribution in [-0.2, 0) is 5.41 Å². The van der Waals surface area contributed by atoms with E-state index in [-0.39, 0.29) is 5.41 Å². The molecule has 0 saturated heterocycles. The second kappa shape index (κ2) is 5.45. The average Bonchev–Trinajstić information content (AvgIpc) is 2.41. The molecule has 0 fully saturated rings. The van der Waals surface area contributed by atoms with E-state index in [0.29, 0.717) is 5.69 Å². The van der Waals surface area contributed by atoms with Crippen LogP contribution in [0, 0.1) is 0 Å². The highest BCUT2D eigenvalue weighted by atomic mass is 16.5. The number of para-hydroxylation sites is 1. The molecular formula is C17H22N2O. The molecule has 2 aromatic carbocycles. The summed E-state index contributed by atoms with van der Waals surface area (Å²) in [5, 5.41) is 3.42. The van der Waals surface area contributed by atoms with Gasteiger partial charge in [-0.25, -0.2) is 0 Å². The van der Waals surface area contributed by atoms with Gasteiger partial charge in [0.05, 0.1) is 18.5 Å². The van der Waals surface area contributed by atoms with Gasteiger partial charge in [-0.1, -0.05) is 39.0 Å². The van der Waals surface area contributed by atoms with Crippen LogP contribution in [-0.4, -0.2) is 7.11 Å². The van der Waals surface area contributed by atoms with Crippen molar-refractivity contribution in [2.24, 2.45) is 0 Å². The number of nitrogen functional groups attached to an aromatic ring is 1. The summed E-state index contributed by atoms with van der Waals surface area (Å²) in [5.74, 6) is 0.787. The second-order valence-corrected chi connectivity index (χ2v) is 5.87. The van der Waals surface area contributed by atoms with Crippen molar-refractivity contribution in [2.75, 3.05) is 18.2 Å². The summed E-state index contributed by atoms with van der Waals surface area (Å²) < 4.78 is 5.25. The van der Waals surface area contributed by atoms with Gasteiger partial charge in [0.15, 0.2) is 0 Å². The quantitative estimate of drug-likeness (QED) is 0.817. The largest absolute Gasteiger partial charge is 0.497 e.